The van der Waals surface area contributed by atoms with Crippen molar-refractivity contribution in [1.82, 2.24) is 0 Å². The fourth-order valence-corrected chi connectivity index (χ4v) is 0.899. The molecule has 0 saturated carbocycles. The highest BCUT2D eigenvalue weighted by Crippen LogP contribution is 2.22. The minimum absolute atomic E-state index is 0.404. The van der Waals surface area contributed by atoms with Gasteiger partial charge in [0.1, 0.15) is 0 Å². The van der Waals surface area contributed by atoms with Crippen LogP contribution in [0.3, 0.4) is 0 Å². The van der Waals surface area contributed by atoms with Crippen molar-refractivity contribution < 1.29 is 50.1 Å². The molecule has 0 bridgehead atoms. The van der Waals surface area contributed by atoms with Gasteiger partial charge in [-0.3, -0.25) is 0 Å². The summed E-state index contributed by atoms with van der Waals surface area (Å²) in [6, 6.07) is 0. The van der Waals surface area contributed by atoms with E-state index in [2.05, 4.69) is 19.7 Å². The SMILES string of the molecule is C=CC(=O)O.C=CC(=O)O.C=CC(=O)O.CCC(O)C(CO)(CO)CO. The molecule has 0 aliphatic carbocycles. The van der Waals surface area contributed by atoms with E-state index in [1.54, 1.807) is 6.92 Å². The molecule has 10 heteroatoms. The van der Waals surface area contributed by atoms with E-state index < -0.39 is 49.2 Å². The zero-order valence-corrected chi connectivity index (χ0v) is 14.6. The molecule has 0 heterocycles. The van der Waals surface area contributed by atoms with E-state index in [4.69, 9.17) is 30.6 Å². The van der Waals surface area contributed by atoms with E-state index in [0.29, 0.717) is 6.42 Å². The molecule has 0 amide bonds. The van der Waals surface area contributed by atoms with Crippen molar-refractivity contribution in [3.05, 3.63) is 38.0 Å². The van der Waals surface area contributed by atoms with E-state index >= 15 is 0 Å². The fraction of sp³-hybridized carbons (Fsp3) is 0.438. The molecule has 0 fully saturated rings. The lowest BCUT2D eigenvalue weighted by atomic mass is 9.83. The van der Waals surface area contributed by atoms with Crippen molar-refractivity contribution in [1.29, 1.82) is 0 Å². The minimum Gasteiger partial charge on any atom is -0.478 e. The average Bonchev–Trinajstić information content (AvgIpc) is 2.64. The van der Waals surface area contributed by atoms with Crippen molar-refractivity contribution in [2.24, 2.45) is 5.41 Å². The molecule has 0 aliphatic heterocycles. The first-order valence-corrected chi connectivity index (χ1v) is 7.05. The summed E-state index contributed by atoms with van der Waals surface area (Å²) in [6.45, 7) is 9.38. The zero-order valence-electron chi connectivity index (χ0n) is 14.6. The Hall–Kier alpha value is -2.53. The standard InChI is InChI=1S/C7H16O4.3C3H4O2/c1-2-6(11)7(3-8,4-9)5-10;3*1-2-3(4)5/h6,8-11H,2-5H2,1H3;3*2H,1H2,(H,4,5). The largest absolute Gasteiger partial charge is 0.478 e. The van der Waals surface area contributed by atoms with Crippen LogP contribution in [-0.2, 0) is 14.4 Å². The van der Waals surface area contributed by atoms with Gasteiger partial charge in [-0.25, -0.2) is 14.4 Å². The number of aliphatic hydroxyl groups excluding tert-OH is 4. The van der Waals surface area contributed by atoms with Crippen LogP contribution in [0.1, 0.15) is 13.3 Å². The highest BCUT2D eigenvalue weighted by Gasteiger charge is 2.35. The smallest absolute Gasteiger partial charge is 0.327 e. The Labute approximate surface area is 151 Å². The van der Waals surface area contributed by atoms with Gasteiger partial charge in [-0.15, -0.1) is 0 Å². The molecule has 152 valence electrons. The van der Waals surface area contributed by atoms with Crippen molar-refractivity contribution in [3.8, 4) is 0 Å². The summed E-state index contributed by atoms with van der Waals surface area (Å²) in [7, 11) is 0. The molecule has 10 nitrogen and oxygen atoms in total. The minimum atomic E-state index is -1.14. The monoisotopic (exact) mass is 380 g/mol. The maximum atomic E-state index is 9.29. The molecular weight excluding hydrogens is 352 g/mol. The summed E-state index contributed by atoms with van der Waals surface area (Å²) >= 11 is 0. The molecule has 0 radical (unpaired) electrons. The maximum Gasteiger partial charge on any atom is 0.327 e. The Morgan fingerprint density at radius 1 is 0.808 bits per heavy atom. The van der Waals surface area contributed by atoms with Gasteiger partial charge in [-0.1, -0.05) is 26.7 Å². The highest BCUT2D eigenvalue weighted by molar-refractivity contribution is 5.79. The van der Waals surface area contributed by atoms with Crippen LogP contribution in [0.2, 0.25) is 0 Å². The third-order valence-corrected chi connectivity index (χ3v) is 2.56. The van der Waals surface area contributed by atoms with Crippen molar-refractivity contribution in [2.45, 2.75) is 19.4 Å². The Balaban J connectivity index is -0.000000136. The molecule has 26 heavy (non-hydrogen) atoms. The van der Waals surface area contributed by atoms with Crippen LogP contribution in [0.5, 0.6) is 0 Å². The molecule has 1 unspecified atom stereocenters. The van der Waals surface area contributed by atoms with Crippen LogP contribution in [0, 0.1) is 5.41 Å². The van der Waals surface area contributed by atoms with Crippen LogP contribution < -0.4 is 0 Å². The summed E-state index contributed by atoms with van der Waals surface area (Å²) in [5, 5.41) is 58.5. The van der Waals surface area contributed by atoms with Crippen molar-refractivity contribution in [2.75, 3.05) is 19.8 Å². The number of carbonyl (C=O) groups is 3. The maximum absolute atomic E-state index is 9.29. The van der Waals surface area contributed by atoms with Crippen LogP contribution in [0.4, 0.5) is 0 Å². The van der Waals surface area contributed by atoms with Crippen LogP contribution in [0.15, 0.2) is 38.0 Å². The molecule has 0 aromatic carbocycles. The fourth-order valence-electron chi connectivity index (χ4n) is 0.899. The molecule has 0 rings (SSSR count). The summed E-state index contributed by atoms with van der Waals surface area (Å²) < 4.78 is 0. The Kier molecular flexibility index (Phi) is 24.7. The van der Waals surface area contributed by atoms with Crippen molar-refractivity contribution in [3.63, 3.8) is 0 Å². The number of rotatable bonds is 8. The van der Waals surface area contributed by atoms with Crippen molar-refractivity contribution >= 4 is 17.9 Å². The topological polar surface area (TPSA) is 193 Å². The second kappa shape index (κ2) is 20.5. The lowest BCUT2D eigenvalue weighted by Gasteiger charge is -2.31. The number of aliphatic hydroxyl groups is 4. The molecule has 0 aliphatic rings. The summed E-state index contributed by atoms with van der Waals surface area (Å²) in [5.41, 5.74) is -1.14. The van der Waals surface area contributed by atoms with Gasteiger partial charge in [0, 0.05) is 18.2 Å². The van der Waals surface area contributed by atoms with Gasteiger partial charge in [-0.05, 0) is 6.42 Å². The highest BCUT2D eigenvalue weighted by atomic mass is 16.4. The quantitative estimate of drug-likeness (QED) is 0.270. The molecule has 7 N–H and O–H groups in total. The van der Waals surface area contributed by atoms with Crippen LogP contribution in [-0.4, -0.2) is 79.6 Å². The van der Waals surface area contributed by atoms with Gasteiger partial charge < -0.3 is 35.7 Å². The summed E-state index contributed by atoms with van der Waals surface area (Å²) in [6.07, 6.45) is 2.05. The van der Waals surface area contributed by atoms with Crippen LogP contribution in [0.25, 0.3) is 0 Å². The zero-order chi connectivity index (χ0) is 21.8. The number of carboxylic acids is 3. The Morgan fingerprint density at radius 3 is 1.04 bits per heavy atom. The van der Waals surface area contributed by atoms with Gasteiger partial charge in [0.2, 0.25) is 0 Å². The molecule has 1 atom stereocenters. The van der Waals surface area contributed by atoms with E-state index in [1.807, 2.05) is 0 Å². The number of carboxylic acid groups (broad SMARTS) is 3. The summed E-state index contributed by atoms with van der Waals surface area (Å²) in [4.78, 5) is 27.8. The summed E-state index contributed by atoms with van der Waals surface area (Å²) in [5.74, 6) is -2.94. The predicted molar refractivity (Wildman–Crippen MR) is 93.5 cm³/mol. The van der Waals surface area contributed by atoms with E-state index in [-0.39, 0.29) is 0 Å². The first-order chi connectivity index (χ1) is 12.0. The van der Waals surface area contributed by atoms with Gasteiger partial charge in [-0.2, -0.15) is 0 Å². The van der Waals surface area contributed by atoms with Gasteiger partial charge in [0.25, 0.3) is 0 Å². The Bertz CT molecular complexity index is 376. The van der Waals surface area contributed by atoms with E-state index in [9.17, 15) is 19.5 Å². The number of aliphatic carboxylic acids is 3. The Morgan fingerprint density at radius 2 is 1.00 bits per heavy atom. The van der Waals surface area contributed by atoms with Gasteiger partial charge in [0.05, 0.1) is 31.3 Å². The molecule has 0 saturated heterocycles. The van der Waals surface area contributed by atoms with E-state index in [0.717, 1.165) is 18.2 Å². The molecule has 0 spiro atoms. The first-order valence-electron chi connectivity index (χ1n) is 7.05. The van der Waals surface area contributed by atoms with Crippen LogP contribution >= 0.6 is 0 Å². The van der Waals surface area contributed by atoms with Gasteiger partial charge in [0.15, 0.2) is 0 Å². The third kappa shape index (κ3) is 21.5. The lowest BCUT2D eigenvalue weighted by molar-refractivity contribution is -0.132. The first kappa shape index (κ1) is 31.3. The number of hydrogen-bond acceptors (Lipinski definition) is 7. The molecular formula is C16H28O10. The third-order valence-electron chi connectivity index (χ3n) is 2.56. The average molecular weight is 380 g/mol. The normalized spacial score (nSPS) is 10.0. The van der Waals surface area contributed by atoms with E-state index in [1.165, 1.54) is 0 Å². The molecule has 0 aromatic heterocycles. The molecule has 0 aromatic rings. The second-order valence-electron chi connectivity index (χ2n) is 4.39. The predicted octanol–water partition coefficient (Wildman–Crippen LogP) is -0.508. The second-order valence-corrected chi connectivity index (χ2v) is 4.39. The lowest BCUT2D eigenvalue weighted by Crippen LogP contribution is -2.44. The number of hydrogen-bond donors (Lipinski definition) is 7. The van der Waals surface area contributed by atoms with Gasteiger partial charge >= 0.3 is 17.9 Å².